The van der Waals surface area contributed by atoms with Gasteiger partial charge in [-0.3, -0.25) is 4.57 Å². The third-order valence-electron chi connectivity index (χ3n) is 3.83. The number of rotatable bonds is 5. The molecule has 0 N–H and O–H groups in total. The van der Waals surface area contributed by atoms with E-state index in [1.165, 1.54) is 11.1 Å². The van der Waals surface area contributed by atoms with Crippen molar-refractivity contribution in [2.24, 2.45) is 0 Å². The highest BCUT2D eigenvalue weighted by Crippen LogP contribution is 2.29. The molecule has 2 heterocycles. The second-order valence-corrected chi connectivity index (χ2v) is 7.37. The minimum Gasteiger partial charge on any atom is -0.277 e. The number of hydrogen-bond donors (Lipinski definition) is 0. The molecule has 2 aromatic heterocycles. The largest absolute Gasteiger partial charge is 0.277 e. The lowest BCUT2D eigenvalue weighted by Gasteiger charge is -2.05. The highest BCUT2D eigenvalue weighted by molar-refractivity contribution is 7.98. The zero-order valence-electron chi connectivity index (χ0n) is 13.7. The third kappa shape index (κ3) is 3.50. The number of thioether (sulfide) groups is 1. The Kier molecular flexibility index (Phi) is 4.63. The first-order chi connectivity index (χ1) is 12.3. The van der Waals surface area contributed by atoms with Crippen LogP contribution in [0.2, 0.25) is 0 Å². The predicted molar refractivity (Wildman–Crippen MR) is 103 cm³/mol. The molecule has 0 unspecified atom stereocenters. The fraction of sp³-hybridized carbons (Fsp3) is 0.105. The maximum atomic E-state index is 4.78. The molecule has 0 fully saturated rings. The minimum absolute atomic E-state index is 0.772. The summed E-state index contributed by atoms with van der Waals surface area (Å²) in [4.78, 5) is 4.78. The summed E-state index contributed by atoms with van der Waals surface area (Å²) in [5.41, 5.74) is 4.58. The minimum atomic E-state index is 0.772. The lowest BCUT2D eigenvalue weighted by Crippen LogP contribution is -1.95. The molecule has 0 amide bonds. The van der Waals surface area contributed by atoms with Crippen molar-refractivity contribution in [1.82, 2.24) is 19.7 Å². The molecule has 2 aromatic carbocycles. The van der Waals surface area contributed by atoms with Crippen LogP contribution >= 0.6 is 23.1 Å². The lowest BCUT2D eigenvalue weighted by atomic mass is 10.1. The van der Waals surface area contributed by atoms with Gasteiger partial charge in [-0.2, -0.15) is 0 Å². The molecule has 0 saturated carbocycles. The van der Waals surface area contributed by atoms with E-state index in [0.29, 0.717) is 0 Å². The van der Waals surface area contributed by atoms with Crippen LogP contribution in [0, 0.1) is 6.92 Å². The van der Waals surface area contributed by atoms with E-state index in [1.54, 1.807) is 29.4 Å². The highest BCUT2D eigenvalue weighted by atomic mass is 32.2. The van der Waals surface area contributed by atoms with Gasteiger partial charge in [-0.05, 0) is 24.6 Å². The van der Waals surface area contributed by atoms with Crippen LogP contribution in [0.1, 0.15) is 11.3 Å². The lowest BCUT2D eigenvalue weighted by molar-refractivity contribution is 0.883. The van der Waals surface area contributed by atoms with E-state index in [2.05, 4.69) is 46.8 Å². The van der Waals surface area contributed by atoms with Crippen LogP contribution in [0.3, 0.4) is 0 Å². The van der Waals surface area contributed by atoms with Gasteiger partial charge >= 0.3 is 0 Å². The van der Waals surface area contributed by atoms with Crippen molar-refractivity contribution in [3.63, 3.8) is 0 Å². The molecule has 0 saturated heterocycles. The van der Waals surface area contributed by atoms with Gasteiger partial charge in [0.1, 0.15) is 11.3 Å². The van der Waals surface area contributed by atoms with Crippen molar-refractivity contribution in [2.45, 2.75) is 17.8 Å². The summed E-state index contributed by atoms with van der Waals surface area (Å²) in [6, 6.07) is 18.5. The molecule has 0 bridgehead atoms. The van der Waals surface area contributed by atoms with Gasteiger partial charge in [0.05, 0.1) is 5.69 Å². The number of aromatic nitrogens is 4. The van der Waals surface area contributed by atoms with Crippen LogP contribution in [0.4, 0.5) is 0 Å². The second-order valence-electron chi connectivity index (χ2n) is 5.57. The summed E-state index contributed by atoms with van der Waals surface area (Å²) in [6.45, 7) is 2.12. The van der Waals surface area contributed by atoms with Crippen molar-refractivity contribution < 1.29 is 0 Å². The molecule has 4 nitrogen and oxygen atoms in total. The summed E-state index contributed by atoms with van der Waals surface area (Å²) >= 11 is 3.34. The zero-order chi connectivity index (χ0) is 17.1. The number of nitrogens with zero attached hydrogens (tertiary/aromatic N) is 4. The molecule has 0 spiro atoms. The van der Waals surface area contributed by atoms with Crippen LogP contribution in [0.25, 0.3) is 16.3 Å². The standard InChI is InChI=1S/C19H16N4S2/c1-14-7-5-6-10-17(14)18-21-15(11-24-18)12-25-19-22-20-13-23(19)16-8-3-2-4-9-16/h2-11,13H,12H2,1H3. The Morgan fingerprint density at radius 2 is 1.84 bits per heavy atom. The van der Waals surface area contributed by atoms with Crippen LogP contribution in [-0.2, 0) is 5.75 Å². The van der Waals surface area contributed by atoms with E-state index >= 15 is 0 Å². The first kappa shape index (κ1) is 16.1. The van der Waals surface area contributed by atoms with Crippen molar-refractivity contribution in [2.75, 3.05) is 0 Å². The zero-order valence-corrected chi connectivity index (χ0v) is 15.3. The van der Waals surface area contributed by atoms with Gasteiger partial charge in [0, 0.05) is 22.4 Å². The summed E-state index contributed by atoms with van der Waals surface area (Å²) in [5.74, 6) is 0.772. The Morgan fingerprint density at radius 1 is 1.04 bits per heavy atom. The third-order valence-corrected chi connectivity index (χ3v) is 5.73. The molecule has 4 rings (SSSR count). The maximum Gasteiger partial charge on any atom is 0.195 e. The molecule has 0 atom stereocenters. The van der Waals surface area contributed by atoms with E-state index in [9.17, 15) is 0 Å². The molecule has 0 radical (unpaired) electrons. The molecule has 4 aromatic rings. The quantitative estimate of drug-likeness (QED) is 0.468. The molecule has 0 aliphatic carbocycles. The van der Waals surface area contributed by atoms with Gasteiger partial charge in [-0.25, -0.2) is 4.98 Å². The monoisotopic (exact) mass is 364 g/mol. The second kappa shape index (κ2) is 7.21. The highest BCUT2D eigenvalue weighted by Gasteiger charge is 2.10. The molecular weight excluding hydrogens is 348 g/mol. The smallest absolute Gasteiger partial charge is 0.195 e. The van der Waals surface area contributed by atoms with Crippen LogP contribution in [0.5, 0.6) is 0 Å². The number of thiazole rings is 1. The SMILES string of the molecule is Cc1ccccc1-c1nc(CSc2nncn2-c2ccccc2)cs1. The van der Waals surface area contributed by atoms with Crippen LogP contribution in [-0.4, -0.2) is 19.7 Å². The average molecular weight is 364 g/mol. The van der Waals surface area contributed by atoms with Gasteiger partial charge in [-0.15, -0.1) is 21.5 Å². The van der Waals surface area contributed by atoms with E-state index < -0.39 is 0 Å². The normalized spacial score (nSPS) is 10.9. The molecule has 124 valence electrons. The van der Waals surface area contributed by atoms with Gasteiger partial charge in [-0.1, -0.05) is 54.2 Å². The van der Waals surface area contributed by atoms with Crippen molar-refractivity contribution in [3.8, 4) is 16.3 Å². The van der Waals surface area contributed by atoms with Gasteiger partial charge in [0.25, 0.3) is 0 Å². The van der Waals surface area contributed by atoms with Crippen molar-refractivity contribution in [1.29, 1.82) is 0 Å². The summed E-state index contributed by atoms with van der Waals surface area (Å²) < 4.78 is 2.00. The molecular formula is C19H16N4S2. The van der Waals surface area contributed by atoms with Gasteiger partial charge in [0.2, 0.25) is 0 Å². The van der Waals surface area contributed by atoms with Crippen LogP contribution < -0.4 is 0 Å². The average Bonchev–Trinajstić information content (AvgIpc) is 3.30. The fourth-order valence-electron chi connectivity index (χ4n) is 2.54. The molecule has 0 aliphatic rings. The Bertz CT molecular complexity index is 976. The van der Waals surface area contributed by atoms with E-state index in [0.717, 1.165) is 27.3 Å². The predicted octanol–water partition coefficient (Wildman–Crippen LogP) is 4.99. The summed E-state index contributed by atoms with van der Waals surface area (Å²) in [7, 11) is 0. The Hall–Kier alpha value is -2.44. The number of para-hydroxylation sites is 1. The Balaban J connectivity index is 1.50. The molecule has 0 aliphatic heterocycles. The van der Waals surface area contributed by atoms with E-state index in [1.807, 2.05) is 34.9 Å². The Labute approximate surface area is 154 Å². The van der Waals surface area contributed by atoms with Crippen molar-refractivity contribution in [3.05, 3.63) is 77.6 Å². The number of aryl methyl sites for hydroxylation is 1. The van der Waals surface area contributed by atoms with Gasteiger partial charge < -0.3 is 0 Å². The number of hydrogen-bond acceptors (Lipinski definition) is 5. The fourth-order valence-corrected chi connectivity index (χ4v) is 4.37. The number of benzene rings is 2. The molecule has 25 heavy (non-hydrogen) atoms. The van der Waals surface area contributed by atoms with Crippen molar-refractivity contribution >= 4 is 23.1 Å². The van der Waals surface area contributed by atoms with E-state index in [-0.39, 0.29) is 0 Å². The topological polar surface area (TPSA) is 43.6 Å². The maximum absolute atomic E-state index is 4.78. The molecule has 6 heteroatoms. The summed E-state index contributed by atoms with van der Waals surface area (Å²) in [5, 5.41) is 12.4. The van der Waals surface area contributed by atoms with Crippen LogP contribution in [0.15, 0.2) is 71.5 Å². The first-order valence-electron chi connectivity index (χ1n) is 7.90. The van der Waals surface area contributed by atoms with E-state index in [4.69, 9.17) is 4.98 Å². The van der Waals surface area contributed by atoms with Gasteiger partial charge in [0.15, 0.2) is 5.16 Å². The Morgan fingerprint density at radius 3 is 2.68 bits per heavy atom. The summed E-state index contributed by atoms with van der Waals surface area (Å²) in [6.07, 6.45) is 1.75. The first-order valence-corrected chi connectivity index (χ1v) is 9.76.